The Morgan fingerprint density at radius 1 is 1.14 bits per heavy atom. The summed E-state index contributed by atoms with van der Waals surface area (Å²) in [6.45, 7) is 2.45. The number of carbonyl (C=O) groups is 2. The molecule has 0 atom stereocenters. The predicted molar refractivity (Wildman–Crippen MR) is 80.2 cm³/mol. The van der Waals surface area contributed by atoms with E-state index in [4.69, 9.17) is 14.6 Å². The maximum absolute atomic E-state index is 12.4. The number of benzene rings is 1. The number of piperidine rings is 1. The largest absolute Gasteiger partial charge is 0.478 e. The van der Waals surface area contributed by atoms with E-state index in [1.165, 1.54) is 12.1 Å². The number of carboxylic acid groups (broad SMARTS) is 1. The van der Waals surface area contributed by atoms with Crippen LogP contribution in [0.15, 0.2) is 24.3 Å². The fraction of sp³-hybridized carbons (Fsp3) is 0.500. The molecule has 1 aromatic rings. The number of hydrogen-bond donors (Lipinski definition) is 1. The minimum Gasteiger partial charge on any atom is -0.478 e. The van der Waals surface area contributed by atoms with Crippen molar-refractivity contribution in [1.29, 1.82) is 0 Å². The molecule has 0 aromatic heterocycles. The number of ether oxygens (including phenoxy) is 2. The monoisotopic (exact) mass is 307 g/mol. The lowest BCUT2D eigenvalue weighted by Gasteiger charge is -2.32. The van der Waals surface area contributed by atoms with Gasteiger partial charge in [0.15, 0.2) is 0 Å². The van der Waals surface area contributed by atoms with Crippen molar-refractivity contribution in [2.45, 2.75) is 18.9 Å². The van der Waals surface area contributed by atoms with Crippen molar-refractivity contribution in [2.75, 3.05) is 33.4 Å². The highest BCUT2D eigenvalue weighted by molar-refractivity contribution is 5.95. The molecule has 22 heavy (non-hydrogen) atoms. The molecular formula is C16H21NO5. The quantitative estimate of drug-likeness (QED) is 0.809. The van der Waals surface area contributed by atoms with E-state index in [9.17, 15) is 9.59 Å². The normalized spacial score (nSPS) is 15.8. The summed E-state index contributed by atoms with van der Waals surface area (Å²) in [4.78, 5) is 25.0. The molecule has 1 amide bonds. The van der Waals surface area contributed by atoms with Gasteiger partial charge in [-0.25, -0.2) is 4.79 Å². The molecule has 120 valence electrons. The Bertz CT molecular complexity index is 506. The Labute approximate surface area is 129 Å². The second-order valence-corrected chi connectivity index (χ2v) is 5.24. The number of likely N-dealkylation sites (tertiary alicyclic amines) is 1. The molecule has 0 saturated carbocycles. The maximum Gasteiger partial charge on any atom is 0.335 e. The topological polar surface area (TPSA) is 76.1 Å². The van der Waals surface area contributed by atoms with Gasteiger partial charge in [0, 0.05) is 25.8 Å². The first kappa shape index (κ1) is 16.5. The number of methoxy groups -OCH3 is 1. The molecule has 1 N–H and O–H groups in total. The molecule has 1 aliphatic rings. The summed E-state index contributed by atoms with van der Waals surface area (Å²) in [6, 6.07) is 6.03. The average Bonchev–Trinajstić information content (AvgIpc) is 2.55. The smallest absolute Gasteiger partial charge is 0.335 e. The SMILES string of the molecule is COCCOC1CCN(C(=O)c2ccc(C(=O)O)cc2)CC1. The number of rotatable bonds is 6. The summed E-state index contributed by atoms with van der Waals surface area (Å²) >= 11 is 0. The van der Waals surface area contributed by atoms with Gasteiger partial charge in [-0.3, -0.25) is 4.79 Å². The summed E-state index contributed by atoms with van der Waals surface area (Å²) in [7, 11) is 1.64. The molecule has 1 fully saturated rings. The van der Waals surface area contributed by atoms with Crippen molar-refractivity contribution in [3.05, 3.63) is 35.4 Å². The van der Waals surface area contributed by atoms with Crippen LogP contribution in [0.1, 0.15) is 33.6 Å². The Morgan fingerprint density at radius 3 is 2.27 bits per heavy atom. The predicted octanol–water partition coefficient (Wildman–Crippen LogP) is 1.65. The number of hydrogen-bond acceptors (Lipinski definition) is 4. The van der Waals surface area contributed by atoms with E-state index in [1.54, 1.807) is 24.1 Å². The fourth-order valence-electron chi connectivity index (χ4n) is 2.46. The molecule has 1 aromatic carbocycles. The van der Waals surface area contributed by atoms with Crippen LogP contribution in [0.2, 0.25) is 0 Å². The first-order chi connectivity index (χ1) is 10.6. The number of carboxylic acids is 1. The highest BCUT2D eigenvalue weighted by Gasteiger charge is 2.24. The van der Waals surface area contributed by atoms with Crippen LogP contribution in [-0.2, 0) is 9.47 Å². The zero-order valence-corrected chi connectivity index (χ0v) is 12.7. The van der Waals surface area contributed by atoms with Crippen LogP contribution in [0.5, 0.6) is 0 Å². The van der Waals surface area contributed by atoms with Crippen LogP contribution in [0.3, 0.4) is 0 Å². The van der Waals surface area contributed by atoms with Crippen molar-refractivity contribution in [3.63, 3.8) is 0 Å². The molecule has 0 spiro atoms. The first-order valence-corrected chi connectivity index (χ1v) is 7.35. The van der Waals surface area contributed by atoms with Gasteiger partial charge in [-0.2, -0.15) is 0 Å². The van der Waals surface area contributed by atoms with Crippen LogP contribution in [-0.4, -0.2) is 61.4 Å². The van der Waals surface area contributed by atoms with Crippen LogP contribution < -0.4 is 0 Å². The van der Waals surface area contributed by atoms with E-state index in [0.29, 0.717) is 31.9 Å². The van der Waals surface area contributed by atoms with E-state index in [0.717, 1.165) is 12.8 Å². The Kier molecular flexibility index (Phi) is 5.91. The molecular weight excluding hydrogens is 286 g/mol. The van der Waals surface area contributed by atoms with Crippen LogP contribution in [0, 0.1) is 0 Å². The fourth-order valence-corrected chi connectivity index (χ4v) is 2.46. The lowest BCUT2D eigenvalue weighted by Crippen LogP contribution is -2.41. The third-order valence-corrected chi connectivity index (χ3v) is 3.75. The number of nitrogens with zero attached hydrogens (tertiary/aromatic N) is 1. The summed E-state index contributed by atoms with van der Waals surface area (Å²) < 4.78 is 10.6. The van der Waals surface area contributed by atoms with Gasteiger partial charge in [0.05, 0.1) is 24.9 Å². The van der Waals surface area contributed by atoms with Crippen LogP contribution in [0.25, 0.3) is 0 Å². The van der Waals surface area contributed by atoms with Gasteiger partial charge < -0.3 is 19.5 Å². The third kappa shape index (κ3) is 4.29. The molecule has 1 aliphatic heterocycles. The Balaban J connectivity index is 1.85. The third-order valence-electron chi connectivity index (χ3n) is 3.75. The minimum atomic E-state index is -0.993. The molecule has 0 unspecified atom stereocenters. The van der Waals surface area contributed by atoms with Crippen molar-refractivity contribution >= 4 is 11.9 Å². The van der Waals surface area contributed by atoms with E-state index in [2.05, 4.69) is 0 Å². The molecule has 2 rings (SSSR count). The molecule has 6 heteroatoms. The molecule has 0 radical (unpaired) electrons. The van der Waals surface area contributed by atoms with Gasteiger partial charge in [-0.1, -0.05) is 0 Å². The highest BCUT2D eigenvalue weighted by Crippen LogP contribution is 2.16. The van der Waals surface area contributed by atoms with Gasteiger partial charge >= 0.3 is 5.97 Å². The van der Waals surface area contributed by atoms with Crippen molar-refractivity contribution in [2.24, 2.45) is 0 Å². The molecule has 1 saturated heterocycles. The second kappa shape index (κ2) is 7.91. The summed E-state index contributed by atoms with van der Waals surface area (Å²) in [5, 5.41) is 8.86. The summed E-state index contributed by atoms with van der Waals surface area (Å²) in [5.74, 6) is -1.06. The van der Waals surface area contributed by atoms with Gasteiger partial charge in [0.2, 0.25) is 0 Å². The van der Waals surface area contributed by atoms with Crippen molar-refractivity contribution in [3.8, 4) is 0 Å². The van der Waals surface area contributed by atoms with Gasteiger partial charge in [-0.05, 0) is 37.1 Å². The second-order valence-electron chi connectivity index (χ2n) is 5.24. The number of amides is 1. The van der Waals surface area contributed by atoms with Gasteiger partial charge in [-0.15, -0.1) is 0 Å². The van der Waals surface area contributed by atoms with E-state index >= 15 is 0 Å². The van der Waals surface area contributed by atoms with Crippen LogP contribution >= 0.6 is 0 Å². The molecule has 0 aliphatic carbocycles. The van der Waals surface area contributed by atoms with Crippen molar-refractivity contribution < 1.29 is 24.2 Å². The summed E-state index contributed by atoms with van der Waals surface area (Å²) in [5.41, 5.74) is 0.700. The van der Waals surface area contributed by atoms with Crippen molar-refractivity contribution in [1.82, 2.24) is 4.90 Å². The molecule has 6 nitrogen and oxygen atoms in total. The zero-order chi connectivity index (χ0) is 15.9. The summed E-state index contributed by atoms with van der Waals surface area (Å²) in [6.07, 6.45) is 1.79. The standard InChI is InChI=1S/C16H21NO5/c1-21-10-11-22-14-6-8-17(9-7-14)15(18)12-2-4-13(5-3-12)16(19)20/h2-5,14H,6-11H2,1H3,(H,19,20). The van der Waals surface area contributed by atoms with E-state index in [1.807, 2.05) is 0 Å². The maximum atomic E-state index is 12.4. The molecule has 1 heterocycles. The Hall–Kier alpha value is -1.92. The highest BCUT2D eigenvalue weighted by atomic mass is 16.5. The van der Waals surface area contributed by atoms with Gasteiger partial charge in [0.25, 0.3) is 5.91 Å². The minimum absolute atomic E-state index is 0.0627. The number of carbonyl (C=O) groups excluding carboxylic acids is 1. The average molecular weight is 307 g/mol. The zero-order valence-electron chi connectivity index (χ0n) is 12.7. The lowest BCUT2D eigenvalue weighted by molar-refractivity contribution is -0.0122. The van der Waals surface area contributed by atoms with Gasteiger partial charge in [0.1, 0.15) is 0 Å². The first-order valence-electron chi connectivity index (χ1n) is 7.35. The Morgan fingerprint density at radius 2 is 1.73 bits per heavy atom. The molecule has 0 bridgehead atoms. The number of aromatic carboxylic acids is 1. The lowest BCUT2D eigenvalue weighted by atomic mass is 10.1. The van der Waals surface area contributed by atoms with E-state index in [-0.39, 0.29) is 17.6 Å². The van der Waals surface area contributed by atoms with E-state index < -0.39 is 5.97 Å². The van der Waals surface area contributed by atoms with Crippen LogP contribution in [0.4, 0.5) is 0 Å².